The minimum absolute atomic E-state index is 0.0663. The van der Waals surface area contributed by atoms with Gasteiger partial charge in [0.25, 0.3) is 0 Å². The van der Waals surface area contributed by atoms with E-state index in [9.17, 15) is 4.79 Å². The summed E-state index contributed by atoms with van der Waals surface area (Å²) in [5.74, 6) is 1.37. The van der Waals surface area contributed by atoms with E-state index in [-0.39, 0.29) is 12.1 Å². The molecule has 0 aromatic heterocycles. The Labute approximate surface area is 164 Å². The maximum absolute atomic E-state index is 11.7. The summed E-state index contributed by atoms with van der Waals surface area (Å²) < 4.78 is 5.02. The topological polar surface area (TPSA) is 78.0 Å². The van der Waals surface area contributed by atoms with E-state index in [1.54, 1.807) is 0 Å². The maximum atomic E-state index is 11.7. The Hall–Kier alpha value is -1.50. The zero-order chi connectivity index (χ0) is 19.3. The molecule has 1 aliphatic carbocycles. The van der Waals surface area contributed by atoms with Gasteiger partial charge in [-0.3, -0.25) is 4.99 Å². The predicted molar refractivity (Wildman–Crippen MR) is 110 cm³/mol. The number of carbonyl (C=O) groups excluding carboxylic acids is 1. The van der Waals surface area contributed by atoms with Gasteiger partial charge in [0, 0.05) is 13.1 Å². The molecule has 0 bridgehead atoms. The second-order valence-electron chi connectivity index (χ2n) is 7.56. The van der Waals surface area contributed by atoms with Crippen LogP contribution in [0.5, 0.6) is 0 Å². The van der Waals surface area contributed by atoms with Gasteiger partial charge >= 0.3 is 6.09 Å². The number of aliphatic imine (C=N–C) groups is 1. The third kappa shape index (κ3) is 9.31. The van der Waals surface area contributed by atoms with Gasteiger partial charge in [0.05, 0.1) is 19.2 Å². The molecule has 7 nitrogen and oxygen atoms in total. The summed E-state index contributed by atoms with van der Waals surface area (Å²) in [5, 5.41) is 9.71. The van der Waals surface area contributed by atoms with Crippen LogP contribution in [0.4, 0.5) is 4.79 Å². The van der Waals surface area contributed by atoms with Crippen molar-refractivity contribution in [2.45, 2.75) is 64.8 Å². The van der Waals surface area contributed by atoms with Crippen molar-refractivity contribution >= 4 is 12.1 Å². The quantitative estimate of drug-likeness (QED) is 0.308. The first-order chi connectivity index (χ1) is 13.2. The van der Waals surface area contributed by atoms with Crippen LogP contribution in [0, 0.1) is 5.92 Å². The highest BCUT2D eigenvalue weighted by Gasteiger charge is 2.32. The molecule has 1 heterocycles. The molecule has 156 valence electrons. The first-order valence-corrected chi connectivity index (χ1v) is 10.9. The van der Waals surface area contributed by atoms with Crippen molar-refractivity contribution < 1.29 is 9.53 Å². The molecule has 0 radical (unpaired) electrons. The summed E-state index contributed by atoms with van der Waals surface area (Å²) in [7, 11) is 0. The smallest absolute Gasteiger partial charge is 0.407 e. The first-order valence-electron chi connectivity index (χ1n) is 10.9. The fraction of sp³-hybridized carbons (Fsp3) is 0.900. The number of rotatable bonds is 10. The van der Waals surface area contributed by atoms with Crippen LogP contribution in [-0.2, 0) is 4.74 Å². The second-order valence-corrected chi connectivity index (χ2v) is 7.56. The Morgan fingerprint density at radius 2 is 1.89 bits per heavy atom. The molecule has 0 spiro atoms. The lowest BCUT2D eigenvalue weighted by Gasteiger charge is -2.20. The molecule has 1 unspecified atom stereocenters. The SMILES string of the molecule is CCNC(=NCC(NC(=O)OCC)C1CC1)NCCCN1CCCCCC1. The fourth-order valence-electron chi connectivity index (χ4n) is 3.54. The van der Waals surface area contributed by atoms with Gasteiger partial charge < -0.3 is 25.6 Å². The Balaban J connectivity index is 1.72. The number of hydrogen-bond acceptors (Lipinski definition) is 4. The van der Waals surface area contributed by atoms with Gasteiger partial charge in [-0.05, 0) is 71.5 Å². The van der Waals surface area contributed by atoms with Crippen LogP contribution in [0.1, 0.15) is 58.8 Å². The molecule has 2 aliphatic rings. The zero-order valence-electron chi connectivity index (χ0n) is 17.3. The molecule has 0 aromatic rings. The van der Waals surface area contributed by atoms with E-state index in [2.05, 4.69) is 27.8 Å². The van der Waals surface area contributed by atoms with Crippen molar-refractivity contribution in [1.82, 2.24) is 20.9 Å². The Kier molecular flexibility index (Phi) is 10.3. The van der Waals surface area contributed by atoms with Gasteiger partial charge in [0.1, 0.15) is 0 Å². The first kappa shape index (κ1) is 21.8. The highest BCUT2D eigenvalue weighted by Crippen LogP contribution is 2.32. The monoisotopic (exact) mass is 381 g/mol. The van der Waals surface area contributed by atoms with Gasteiger partial charge in [0.2, 0.25) is 0 Å². The number of ether oxygens (including phenoxy) is 1. The van der Waals surface area contributed by atoms with Crippen molar-refractivity contribution in [2.24, 2.45) is 10.9 Å². The van der Waals surface area contributed by atoms with Crippen LogP contribution in [0.25, 0.3) is 0 Å². The number of alkyl carbamates (subject to hydrolysis) is 1. The molecule has 1 saturated carbocycles. The van der Waals surface area contributed by atoms with Crippen molar-refractivity contribution in [3.05, 3.63) is 0 Å². The number of amides is 1. The normalized spacial score (nSPS) is 19.9. The fourth-order valence-corrected chi connectivity index (χ4v) is 3.54. The molecule has 1 amide bonds. The molecule has 1 aliphatic heterocycles. The summed E-state index contributed by atoms with van der Waals surface area (Å²) in [4.78, 5) is 19.0. The highest BCUT2D eigenvalue weighted by atomic mass is 16.5. The number of nitrogens with zero attached hydrogens (tertiary/aromatic N) is 2. The Morgan fingerprint density at radius 3 is 2.52 bits per heavy atom. The average Bonchev–Trinajstić information content (AvgIpc) is 3.49. The lowest BCUT2D eigenvalue weighted by atomic mass is 10.2. The van der Waals surface area contributed by atoms with Crippen LogP contribution >= 0.6 is 0 Å². The molecule has 0 aromatic carbocycles. The number of nitrogens with one attached hydrogen (secondary N) is 3. The van der Waals surface area contributed by atoms with Crippen molar-refractivity contribution in [2.75, 3.05) is 45.9 Å². The van der Waals surface area contributed by atoms with E-state index in [1.807, 2.05) is 6.92 Å². The van der Waals surface area contributed by atoms with Crippen LogP contribution < -0.4 is 16.0 Å². The van der Waals surface area contributed by atoms with E-state index in [0.29, 0.717) is 19.1 Å². The molecular weight excluding hydrogens is 342 g/mol. The number of carbonyl (C=O) groups is 1. The van der Waals surface area contributed by atoms with Crippen molar-refractivity contribution in [3.63, 3.8) is 0 Å². The Morgan fingerprint density at radius 1 is 1.15 bits per heavy atom. The van der Waals surface area contributed by atoms with Gasteiger partial charge in [-0.15, -0.1) is 0 Å². The van der Waals surface area contributed by atoms with Crippen molar-refractivity contribution in [3.8, 4) is 0 Å². The van der Waals surface area contributed by atoms with Crippen LogP contribution in [-0.4, -0.2) is 68.9 Å². The van der Waals surface area contributed by atoms with Crippen LogP contribution in [0.15, 0.2) is 4.99 Å². The predicted octanol–water partition coefficient (Wildman–Crippen LogP) is 2.33. The standard InChI is InChI=1S/C20H39N5O2/c1-3-21-19(22-12-9-15-25-13-7-5-6-8-14-25)23-16-18(17-10-11-17)24-20(26)27-4-2/h17-18H,3-16H2,1-2H3,(H,24,26)(H2,21,22,23). The lowest BCUT2D eigenvalue weighted by molar-refractivity contribution is 0.147. The summed E-state index contributed by atoms with van der Waals surface area (Å²) in [6.45, 7) is 10.3. The largest absolute Gasteiger partial charge is 0.450 e. The van der Waals surface area contributed by atoms with Gasteiger partial charge in [-0.2, -0.15) is 0 Å². The van der Waals surface area contributed by atoms with Crippen LogP contribution in [0.3, 0.4) is 0 Å². The Bertz CT molecular complexity index is 446. The molecule has 27 heavy (non-hydrogen) atoms. The van der Waals surface area contributed by atoms with Gasteiger partial charge in [0.15, 0.2) is 5.96 Å². The van der Waals surface area contributed by atoms with Crippen LogP contribution in [0.2, 0.25) is 0 Å². The summed E-state index contributed by atoms with van der Waals surface area (Å²) in [6.07, 6.45) is 8.55. The number of hydrogen-bond donors (Lipinski definition) is 3. The average molecular weight is 382 g/mol. The highest BCUT2D eigenvalue weighted by molar-refractivity contribution is 5.79. The third-order valence-electron chi connectivity index (χ3n) is 5.20. The minimum Gasteiger partial charge on any atom is -0.450 e. The number of likely N-dealkylation sites (tertiary alicyclic amines) is 1. The van der Waals surface area contributed by atoms with Crippen molar-refractivity contribution in [1.29, 1.82) is 0 Å². The van der Waals surface area contributed by atoms with E-state index in [4.69, 9.17) is 9.73 Å². The second kappa shape index (κ2) is 12.8. The minimum atomic E-state index is -0.333. The summed E-state index contributed by atoms with van der Waals surface area (Å²) >= 11 is 0. The van der Waals surface area contributed by atoms with E-state index in [0.717, 1.165) is 44.9 Å². The molecule has 1 atom stereocenters. The summed E-state index contributed by atoms with van der Waals surface area (Å²) in [5.41, 5.74) is 0. The molecule has 1 saturated heterocycles. The zero-order valence-corrected chi connectivity index (χ0v) is 17.3. The molecule has 7 heteroatoms. The van der Waals surface area contributed by atoms with Gasteiger partial charge in [-0.1, -0.05) is 12.8 Å². The summed E-state index contributed by atoms with van der Waals surface area (Å²) in [6, 6.07) is 0.0663. The van der Waals surface area contributed by atoms with E-state index >= 15 is 0 Å². The molecular formula is C20H39N5O2. The molecule has 2 rings (SSSR count). The van der Waals surface area contributed by atoms with E-state index in [1.165, 1.54) is 38.8 Å². The molecule has 2 fully saturated rings. The number of guanidine groups is 1. The van der Waals surface area contributed by atoms with Gasteiger partial charge in [-0.25, -0.2) is 4.79 Å². The van der Waals surface area contributed by atoms with E-state index < -0.39 is 0 Å². The third-order valence-corrected chi connectivity index (χ3v) is 5.20. The lowest BCUT2D eigenvalue weighted by Crippen LogP contribution is -2.42. The molecule has 3 N–H and O–H groups in total. The maximum Gasteiger partial charge on any atom is 0.407 e.